The van der Waals surface area contributed by atoms with Gasteiger partial charge in [0, 0.05) is 18.8 Å². The summed E-state index contributed by atoms with van der Waals surface area (Å²) in [6.45, 7) is 0.607. The van der Waals surface area contributed by atoms with E-state index in [9.17, 15) is 4.79 Å². The summed E-state index contributed by atoms with van der Waals surface area (Å²) >= 11 is 7.95. The number of amides is 1. The summed E-state index contributed by atoms with van der Waals surface area (Å²) in [5.74, 6) is 1.35. The van der Waals surface area contributed by atoms with E-state index in [1.807, 2.05) is 0 Å². The first-order valence-electron chi connectivity index (χ1n) is 5.41. The van der Waals surface area contributed by atoms with Gasteiger partial charge in [-0.3, -0.25) is 14.8 Å². The highest BCUT2D eigenvalue weighted by Crippen LogP contribution is 2.30. The molecule has 0 bridgehead atoms. The van der Waals surface area contributed by atoms with Crippen molar-refractivity contribution in [1.82, 2.24) is 20.2 Å². The number of carbonyl (C=O) groups is 1. The van der Waals surface area contributed by atoms with Gasteiger partial charge in [-0.15, -0.1) is 11.6 Å². The standard InChI is InChI=1S/C10H9ClIN5O/c11-2-5-1-6(18)17(3-5)10-7-8(12)15-16-9(7)13-4-14-10/h4-5H,1-3H2,(H,13,14,15,16). The van der Waals surface area contributed by atoms with Gasteiger partial charge in [-0.25, -0.2) is 9.97 Å². The average molecular weight is 378 g/mol. The zero-order valence-electron chi connectivity index (χ0n) is 9.23. The minimum Gasteiger partial charge on any atom is -0.296 e. The van der Waals surface area contributed by atoms with E-state index in [-0.39, 0.29) is 11.8 Å². The molecule has 1 amide bonds. The lowest BCUT2D eigenvalue weighted by Crippen LogP contribution is -2.26. The second-order valence-corrected chi connectivity index (χ2v) is 5.55. The molecule has 0 aliphatic carbocycles. The molecule has 1 N–H and O–H groups in total. The summed E-state index contributed by atoms with van der Waals surface area (Å²) in [6, 6.07) is 0. The topological polar surface area (TPSA) is 74.8 Å². The van der Waals surface area contributed by atoms with Crippen LogP contribution in [0.15, 0.2) is 6.33 Å². The molecule has 94 valence electrons. The van der Waals surface area contributed by atoms with Crippen molar-refractivity contribution in [2.75, 3.05) is 17.3 Å². The van der Waals surface area contributed by atoms with Crippen LogP contribution in [0.2, 0.25) is 0 Å². The molecule has 2 aromatic heterocycles. The van der Waals surface area contributed by atoms with Crippen molar-refractivity contribution in [3.05, 3.63) is 10.0 Å². The molecule has 1 aliphatic rings. The Morgan fingerprint density at radius 2 is 2.39 bits per heavy atom. The Balaban J connectivity index is 2.09. The number of carbonyl (C=O) groups excluding carboxylic acids is 1. The van der Waals surface area contributed by atoms with E-state index in [4.69, 9.17) is 11.6 Å². The monoisotopic (exact) mass is 377 g/mol. The van der Waals surface area contributed by atoms with Crippen LogP contribution in [0.25, 0.3) is 11.0 Å². The van der Waals surface area contributed by atoms with Crippen molar-refractivity contribution >= 4 is 57.0 Å². The molecule has 3 rings (SSSR count). The number of nitrogens with zero attached hydrogens (tertiary/aromatic N) is 4. The SMILES string of the molecule is O=C1CC(CCl)CN1c1ncnc2n[nH]c(I)c12. The number of hydrogen-bond acceptors (Lipinski definition) is 4. The molecule has 0 aromatic carbocycles. The van der Waals surface area contributed by atoms with E-state index < -0.39 is 0 Å². The molecule has 0 saturated carbocycles. The molecule has 3 heterocycles. The van der Waals surface area contributed by atoms with Crippen LogP contribution in [-0.4, -0.2) is 38.5 Å². The lowest BCUT2D eigenvalue weighted by molar-refractivity contribution is -0.117. The zero-order valence-corrected chi connectivity index (χ0v) is 12.1. The highest BCUT2D eigenvalue weighted by atomic mass is 127. The number of H-pyrrole nitrogens is 1. The van der Waals surface area contributed by atoms with E-state index in [0.717, 1.165) is 9.09 Å². The number of aromatic nitrogens is 4. The molecule has 1 saturated heterocycles. The molecule has 1 atom stereocenters. The van der Waals surface area contributed by atoms with Crippen LogP contribution in [0.4, 0.5) is 5.82 Å². The third-order valence-corrected chi connectivity index (χ3v) is 4.18. The molecular formula is C10H9ClIN5O. The first kappa shape index (κ1) is 12.1. The highest BCUT2D eigenvalue weighted by molar-refractivity contribution is 14.1. The van der Waals surface area contributed by atoms with Crippen LogP contribution >= 0.6 is 34.2 Å². The van der Waals surface area contributed by atoms with E-state index in [1.54, 1.807) is 4.90 Å². The predicted molar refractivity (Wildman–Crippen MR) is 75.6 cm³/mol. The number of aromatic amines is 1. The third-order valence-electron chi connectivity index (χ3n) is 2.97. The van der Waals surface area contributed by atoms with Gasteiger partial charge in [0.05, 0.1) is 5.39 Å². The Bertz CT molecular complexity index is 615. The van der Waals surface area contributed by atoms with Gasteiger partial charge in [0.15, 0.2) is 11.5 Å². The first-order valence-corrected chi connectivity index (χ1v) is 7.03. The van der Waals surface area contributed by atoms with Crippen molar-refractivity contribution in [2.45, 2.75) is 6.42 Å². The van der Waals surface area contributed by atoms with Crippen LogP contribution in [-0.2, 0) is 4.79 Å². The summed E-state index contributed by atoms with van der Waals surface area (Å²) in [6.07, 6.45) is 1.90. The van der Waals surface area contributed by atoms with E-state index in [1.165, 1.54) is 6.33 Å². The van der Waals surface area contributed by atoms with Gasteiger partial charge in [0.25, 0.3) is 0 Å². The summed E-state index contributed by atoms with van der Waals surface area (Å²) in [5, 5.41) is 7.71. The molecule has 0 spiro atoms. The second-order valence-electron chi connectivity index (χ2n) is 4.16. The van der Waals surface area contributed by atoms with E-state index in [2.05, 4.69) is 42.8 Å². The number of nitrogens with one attached hydrogen (secondary N) is 1. The Morgan fingerprint density at radius 3 is 3.11 bits per heavy atom. The van der Waals surface area contributed by atoms with Gasteiger partial charge in [0.2, 0.25) is 5.91 Å². The summed E-state index contributed by atoms with van der Waals surface area (Å²) < 4.78 is 0.834. The summed E-state index contributed by atoms with van der Waals surface area (Å²) in [5.41, 5.74) is 0.575. The van der Waals surface area contributed by atoms with E-state index >= 15 is 0 Å². The first-order chi connectivity index (χ1) is 8.70. The van der Waals surface area contributed by atoms with Gasteiger partial charge >= 0.3 is 0 Å². The maximum Gasteiger partial charge on any atom is 0.228 e. The molecule has 0 radical (unpaired) electrons. The number of rotatable bonds is 2. The third kappa shape index (κ3) is 1.85. The van der Waals surface area contributed by atoms with Gasteiger partial charge in [-0.05, 0) is 28.5 Å². The maximum absolute atomic E-state index is 12.0. The molecule has 1 unspecified atom stereocenters. The van der Waals surface area contributed by atoms with Crippen molar-refractivity contribution in [3.63, 3.8) is 0 Å². The highest BCUT2D eigenvalue weighted by Gasteiger charge is 2.32. The van der Waals surface area contributed by atoms with Crippen LogP contribution in [0.3, 0.4) is 0 Å². The van der Waals surface area contributed by atoms with Crippen LogP contribution in [0, 0.1) is 9.62 Å². The molecule has 8 heteroatoms. The number of hydrogen-bond donors (Lipinski definition) is 1. The van der Waals surface area contributed by atoms with Crippen molar-refractivity contribution in [1.29, 1.82) is 0 Å². The fourth-order valence-corrected chi connectivity index (χ4v) is 2.91. The Kier molecular flexibility index (Phi) is 3.10. The lowest BCUT2D eigenvalue weighted by Gasteiger charge is -2.15. The minimum atomic E-state index is 0.0534. The zero-order chi connectivity index (χ0) is 12.7. The van der Waals surface area contributed by atoms with E-state index in [0.29, 0.717) is 30.3 Å². The smallest absolute Gasteiger partial charge is 0.228 e. The largest absolute Gasteiger partial charge is 0.296 e. The minimum absolute atomic E-state index is 0.0534. The molecule has 1 aliphatic heterocycles. The number of fused-ring (bicyclic) bond motifs is 1. The summed E-state index contributed by atoms with van der Waals surface area (Å²) in [4.78, 5) is 22.0. The second kappa shape index (κ2) is 4.61. The fourth-order valence-electron chi connectivity index (χ4n) is 2.10. The lowest BCUT2D eigenvalue weighted by atomic mass is 10.1. The van der Waals surface area contributed by atoms with Crippen molar-refractivity contribution < 1.29 is 4.79 Å². The average Bonchev–Trinajstić information content (AvgIpc) is 2.93. The Morgan fingerprint density at radius 1 is 1.56 bits per heavy atom. The van der Waals surface area contributed by atoms with Crippen LogP contribution in [0.5, 0.6) is 0 Å². The summed E-state index contributed by atoms with van der Waals surface area (Å²) in [7, 11) is 0. The maximum atomic E-state index is 12.0. The van der Waals surface area contributed by atoms with Crippen LogP contribution in [0.1, 0.15) is 6.42 Å². The van der Waals surface area contributed by atoms with Crippen LogP contribution < -0.4 is 4.90 Å². The molecule has 1 fully saturated rings. The van der Waals surface area contributed by atoms with Gasteiger partial charge < -0.3 is 0 Å². The van der Waals surface area contributed by atoms with Gasteiger partial charge in [-0.1, -0.05) is 0 Å². The quantitative estimate of drug-likeness (QED) is 0.636. The Hall–Kier alpha value is -0.960. The molecule has 18 heavy (non-hydrogen) atoms. The predicted octanol–water partition coefficient (Wildman–Crippen LogP) is 1.55. The fraction of sp³-hybridized carbons (Fsp3) is 0.400. The number of alkyl halides is 1. The molecule has 2 aromatic rings. The molecular weight excluding hydrogens is 369 g/mol. The Labute approximate surface area is 121 Å². The molecule has 6 nitrogen and oxygen atoms in total. The normalized spacial score (nSPS) is 20.0. The van der Waals surface area contributed by atoms with Crippen molar-refractivity contribution in [3.8, 4) is 0 Å². The van der Waals surface area contributed by atoms with Gasteiger partial charge in [-0.2, -0.15) is 5.10 Å². The number of halogens is 2. The van der Waals surface area contributed by atoms with Crippen molar-refractivity contribution in [2.24, 2.45) is 5.92 Å². The van der Waals surface area contributed by atoms with Gasteiger partial charge in [0.1, 0.15) is 10.0 Å². The number of anilines is 1.